The molecule has 1 N–H and O–H groups in total. The highest BCUT2D eigenvalue weighted by Gasteiger charge is 2.38. The largest absolute Gasteiger partial charge is 0.391 e. The van der Waals surface area contributed by atoms with Crippen LogP contribution < -0.4 is 0 Å². The standard InChI is InChI=1S/C18H19F2N3O2/c19-11-4-5-15(20)13(7-11)17-8-12(24)10-22(17)18(25)14-9-21-23-6-2-1-3-16(14)23/h4-5,7,9,12,17,24H,1-3,6,8,10H2/t12-,17+/m0/s1. The number of benzene rings is 1. The molecule has 2 aromatic rings. The van der Waals surface area contributed by atoms with Gasteiger partial charge in [0.25, 0.3) is 5.91 Å². The van der Waals surface area contributed by atoms with Crippen LogP contribution in [0.15, 0.2) is 24.4 Å². The van der Waals surface area contributed by atoms with Gasteiger partial charge in [0, 0.05) is 18.7 Å². The van der Waals surface area contributed by atoms with Gasteiger partial charge in [-0.3, -0.25) is 9.48 Å². The molecule has 0 aliphatic carbocycles. The number of amides is 1. The van der Waals surface area contributed by atoms with E-state index in [9.17, 15) is 18.7 Å². The monoisotopic (exact) mass is 347 g/mol. The van der Waals surface area contributed by atoms with E-state index >= 15 is 0 Å². The fraction of sp³-hybridized carbons (Fsp3) is 0.444. The fourth-order valence-electron chi connectivity index (χ4n) is 3.86. The van der Waals surface area contributed by atoms with Crippen LogP contribution in [0.2, 0.25) is 0 Å². The average Bonchev–Trinajstić information content (AvgIpc) is 3.20. The van der Waals surface area contributed by atoms with Gasteiger partial charge in [0.05, 0.1) is 29.6 Å². The second kappa shape index (κ2) is 6.22. The number of hydrogen-bond acceptors (Lipinski definition) is 3. The Bertz CT molecular complexity index is 821. The third kappa shape index (κ3) is 2.82. The Hall–Kier alpha value is -2.28. The van der Waals surface area contributed by atoms with Crippen molar-refractivity contribution in [1.29, 1.82) is 0 Å². The van der Waals surface area contributed by atoms with E-state index in [1.165, 1.54) is 4.90 Å². The molecule has 132 valence electrons. The Balaban J connectivity index is 1.69. The van der Waals surface area contributed by atoms with Crippen LogP contribution in [0.4, 0.5) is 8.78 Å². The van der Waals surface area contributed by atoms with Crippen LogP contribution >= 0.6 is 0 Å². The summed E-state index contributed by atoms with van der Waals surface area (Å²) in [6.07, 6.45) is 3.78. The Morgan fingerprint density at radius 2 is 2.12 bits per heavy atom. The third-order valence-corrected chi connectivity index (χ3v) is 5.07. The predicted octanol–water partition coefficient (Wildman–Crippen LogP) is 2.45. The first kappa shape index (κ1) is 16.2. The highest BCUT2D eigenvalue weighted by molar-refractivity contribution is 5.95. The van der Waals surface area contributed by atoms with Crippen molar-refractivity contribution >= 4 is 5.91 Å². The zero-order valence-corrected chi connectivity index (χ0v) is 13.7. The summed E-state index contributed by atoms with van der Waals surface area (Å²) >= 11 is 0. The molecule has 1 aromatic carbocycles. The number of rotatable bonds is 2. The molecule has 1 saturated heterocycles. The Morgan fingerprint density at radius 3 is 2.96 bits per heavy atom. The molecule has 0 saturated carbocycles. The van der Waals surface area contributed by atoms with E-state index < -0.39 is 23.8 Å². The molecule has 5 nitrogen and oxygen atoms in total. The number of carbonyl (C=O) groups excluding carboxylic acids is 1. The fourth-order valence-corrected chi connectivity index (χ4v) is 3.86. The van der Waals surface area contributed by atoms with Crippen molar-refractivity contribution in [3.8, 4) is 0 Å². The zero-order chi connectivity index (χ0) is 17.6. The van der Waals surface area contributed by atoms with Crippen molar-refractivity contribution in [2.24, 2.45) is 0 Å². The summed E-state index contributed by atoms with van der Waals surface area (Å²) in [7, 11) is 0. The van der Waals surface area contributed by atoms with Gasteiger partial charge in [-0.15, -0.1) is 0 Å². The van der Waals surface area contributed by atoms with Gasteiger partial charge in [0.15, 0.2) is 0 Å². The van der Waals surface area contributed by atoms with Crippen LogP contribution in [-0.2, 0) is 13.0 Å². The summed E-state index contributed by atoms with van der Waals surface area (Å²) < 4.78 is 29.6. The molecule has 1 amide bonds. The lowest BCUT2D eigenvalue weighted by molar-refractivity contribution is 0.0712. The summed E-state index contributed by atoms with van der Waals surface area (Å²) in [5.74, 6) is -1.42. The van der Waals surface area contributed by atoms with Crippen LogP contribution in [0.3, 0.4) is 0 Å². The molecule has 0 unspecified atom stereocenters. The topological polar surface area (TPSA) is 58.4 Å². The number of hydrogen-bond donors (Lipinski definition) is 1. The minimum atomic E-state index is -0.761. The number of aryl methyl sites for hydroxylation is 1. The van der Waals surface area contributed by atoms with Crippen molar-refractivity contribution in [3.05, 3.63) is 52.9 Å². The molecule has 1 aromatic heterocycles. The maximum absolute atomic E-state index is 14.2. The highest BCUT2D eigenvalue weighted by Crippen LogP contribution is 2.35. The van der Waals surface area contributed by atoms with Gasteiger partial charge in [-0.2, -0.15) is 5.10 Å². The van der Waals surface area contributed by atoms with Crippen LogP contribution in [0.1, 0.15) is 46.9 Å². The number of aliphatic hydroxyl groups is 1. The van der Waals surface area contributed by atoms with Crippen molar-refractivity contribution < 1.29 is 18.7 Å². The first-order valence-corrected chi connectivity index (χ1v) is 8.53. The van der Waals surface area contributed by atoms with E-state index in [-0.39, 0.29) is 24.4 Å². The van der Waals surface area contributed by atoms with Gasteiger partial charge in [-0.25, -0.2) is 8.78 Å². The molecule has 2 aliphatic rings. The summed E-state index contributed by atoms with van der Waals surface area (Å²) in [5.41, 5.74) is 1.48. The number of halogens is 2. The average molecular weight is 347 g/mol. The quantitative estimate of drug-likeness (QED) is 0.908. The minimum absolute atomic E-state index is 0.101. The molecule has 0 bridgehead atoms. The first-order valence-electron chi connectivity index (χ1n) is 8.53. The highest BCUT2D eigenvalue weighted by atomic mass is 19.1. The minimum Gasteiger partial charge on any atom is -0.391 e. The number of carbonyl (C=O) groups is 1. The number of fused-ring (bicyclic) bond motifs is 1. The van der Waals surface area contributed by atoms with Gasteiger partial charge in [0.2, 0.25) is 0 Å². The van der Waals surface area contributed by atoms with E-state index in [2.05, 4.69) is 5.10 Å². The summed E-state index contributed by atoms with van der Waals surface area (Å²) in [6, 6.07) is 2.52. The predicted molar refractivity (Wildman–Crippen MR) is 85.9 cm³/mol. The Morgan fingerprint density at radius 1 is 1.28 bits per heavy atom. The van der Waals surface area contributed by atoms with Gasteiger partial charge in [0.1, 0.15) is 11.6 Å². The van der Waals surface area contributed by atoms with Crippen LogP contribution in [0.25, 0.3) is 0 Å². The first-order chi connectivity index (χ1) is 12.0. The smallest absolute Gasteiger partial charge is 0.257 e. The second-order valence-electron chi connectivity index (χ2n) is 6.71. The third-order valence-electron chi connectivity index (χ3n) is 5.07. The normalized spacial score (nSPS) is 22.9. The maximum atomic E-state index is 14.2. The molecule has 0 radical (unpaired) electrons. The van der Waals surface area contributed by atoms with Crippen molar-refractivity contribution in [2.75, 3.05) is 6.54 Å². The Labute approximate surface area is 143 Å². The van der Waals surface area contributed by atoms with E-state index in [0.717, 1.165) is 49.7 Å². The number of nitrogens with zero attached hydrogens (tertiary/aromatic N) is 3. The van der Waals surface area contributed by atoms with E-state index in [0.29, 0.717) is 5.56 Å². The lowest BCUT2D eigenvalue weighted by Crippen LogP contribution is -2.33. The lowest BCUT2D eigenvalue weighted by Gasteiger charge is -2.25. The number of aliphatic hydroxyl groups excluding tert-OH is 1. The number of β-amino-alcohol motifs (C(OH)–C–C–N with tert-alkyl or cyclic N) is 1. The molecule has 7 heteroatoms. The second-order valence-corrected chi connectivity index (χ2v) is 6.71. The van der Waals surface area contributed by atoms with E-state index in [4.69, 9.17) is 0 Å². The number of likely N-dealkylation sites (tertiary alicyclic amines) is 1. The molecule has 3 heterocycles. The van der Waals surface area contributed by atoms with E-state index in [1.807, 2.05) is 4.68 Å². The maximum Gasteiger partial charge on any atom is 0.257 e. The van der Waals surface area contributed by atoms with Gasteiger partial charge >= 0.3 is 0 Å². The number of aromatic nitrogens is 2. The molecular formula is C18H19F2N3O2. The molecule has 4 rings (SSSR count). The zero-order valence-electron chi connectivity index (χ0n) is 13.7. The van der Waals surface area contributed by atoms with E-state index in [1.54, 1.807) is 6.20 Å². The van der Waals surface area contributed by atoms with Crippen LogP contribution in [0, 0.1) is 11.6 Å². The summed E-state index contributed by atoms with van der Waals surface area (Å²) in [4.78, 5) is 14.5. The molecule has 25 heavy (non-hydrogen) atoms. The molecule has 0 spiro atoms. The molecule has 2 aliphatic heterocycles. The van der Waals surface area contributed by atoms with Crippen molar-refractivity contribution in [3.63, 3.8) is 0 Å². The summed E-state index contributed by atoms with van der Waals surface area (Å²) in [5, 5.41) is 14.3. The summed E-state index contributed by atoms with van der Waals surface area (Å²) in [6.45, 7) is 0.886. The molecule has 1 fully saturated rings. The van der Waals surface area contributed by atoms with Crippen molar-refractivity contribution in [1.82, 2.24) is 14.7 Å². The lowest BCUT2D eigenvalue weighted by atomic mass is 10.0. The van der Waals surface area contributed by atoms with Crippen LogP contribution in [-0.4, -0.2) is 38.3 Å². The molecule has 2 atom stereocenters. The van der Waals surface area contributed by atoms with Gasteiger partial charge < -0.3 is 10.0 Å². The van der Waals surface area contributed by atoms with Gasteiger partial charge in [-0.05, 0) is 43.9 Å². The molecular weight excluding hydrogens is 328 g/mol. The SMILES string of the molecule is O=C(c1cnn2c1CCCC2)N1C[C@@H](O)C[C@@H]1c1cc(F)ccc1F. The van der Waals surface area contributed by atoms with Crippen LogP contribution in [0.5, 0.6) is 0 Å². The van der Waals surface area contributed by atoms with Gasteiger partial charge in [-0.1, -0.05) is 0 Å². The Kier molecular flexibility index (Phi) is 4.03. The van der Waals surface area contributed by atoms with Crippen molar-refractivity contribution in [2.45, 2.75) is 44.4 Å².